The molecule has 0 radical (unpaired) electrons. The first kappa shape index (κ1) is 14.3. The van der Waals surface area contributed by atoms with E-state index in [0.717, 1.165) is 22.5 Å². The zero-order valence-electron chi connectivity index (χ0n) is 12.7. The van der Waals surface area contributed by atoms with Crippen molar-refractivity contribution in [3.63, 3.8) is 0 Å². The molecule has 1 heterocycles. The van der Waals surface area contributed by atoms with Crippen LogP contribution in [0, 0.1) is 5.41 Å². The predicted octanol–water partition coefficient (Wildman–Crippen LogP) is 2.55. The van der Waals surface area contributed by atoms with Crippen LogP contribution in [-0.4, -0.2) is 22.9 Å². The Labute approximate surface area is 128 Å². The van der Waals surface area contributed by atoms with Gasteiger partial charge in [-0.2, -0.15) is 0 Å². The molecule has 0 amide bonds. The molecule has 1 N–H and O–H groups in total. The fourth-order valence-electron chi connectivity index (χ4n) is 2.54. The van der Waals surface area contributed by atoms with Crippen molar-refractivity contribution in [3.05, 3.63) is 54.1 Å². The third-order valence-electron chi connectivity index (χ3n) is 3.75. The number of methoxy groups -OCH3 is 1. The molecule has 1 aromatic heterocycles. The highest BCUT2D eigenvalue weighted by Crippen LogP contribution is 2.17. The fraction of sp³-hybridized carbons (Fsp3) is 0.235. The summed E-state index contributed by atoms with van der Waals surface area (Å²) in [6.07, 6.45) is 0. The standard InChI is InChI=1S/C17H19N3O2/c1-19-15-5-3-4-6-16(15)20(17(19)18)11-12-22-14-9-7-13(21-2)8-10-14/h3-10,18H,11-12H2,1-2H3. The summed E-state index contributed by atoms with van der Waals surface area (Å²) < 4.78 is 14.7. The molecule has 0 aliphatic heterocycles. The average molecular weight is 297 g/mol. The number of benzene rings is 2. The first-order valence-electron chi connectivity index (χ1n) is 7.16. The molecule has 0 atom stereocenters. The van der Waals surface area contributed by atoms with Crippen LogP contribution in [0.5, 0.6) is 11.5 Å². The molecule has 0 saturated heterocycles. The lowest BCUT2D eigenvalue weighted by atomic mass is 10.3. The zero-order chi connectivity index (χ0) is 15.5. The van der Waals surface area contributed by atoms with Crippen LogP contribution in [0.25, 0.3) is 11.0 Å². The maximum Gasteiger partial charge on any atom is 0.202 e. The lowest BCUT2D eigenvalue weighted by Gasteiger charge is -2.08. The molecule has 114 valence electrons. The summed E-state index contributed by atoms with van der Waals surface area (Å²) in [4.78, 5) is 0. The van der Waals surface area contributed by atoms with Gasteiger partial charge in [-0.1, -0.05) is 12.1 Å². The summed E-state index contributed by atoms with van der Waals surface area (Å²) in [6, 6.07) is 15.5. The van der Waals surface area contributed by atoms with Gasteiger partial charge in [-0.15, -0.1) is 0 Å². The minimum atomic E-state index is 0.472. The molecule has 0 saturated carbocycles. The highest BCUT2D eigenvalue weighted by Gasteiger charge is 2.07. The third-order valence-corrected chi connectivity index (χ3v) is 3.75. The number of fused-ring (bicyclic) bond motifs is 1. The number of rotatable bonds is 5. The van der Waals surface area contributed by atoms with Gasteiger partial charge in [0.25, 0.3) is 0 Å². The molecule has 0 aliphatic carbocycles. The lowest BCUT2D eigenvalue weighted by molar-refractivity contribution is 0.296. The highest BCUT2D eigenvalue weighted by atomic mass is 16.5. The van der Waals surface area contributed by atoms with E-state index in [4.69, 9.17) is 14.9 Å². The first-order chi connectivity index (χ1) is 10.7. The number of nitrogens with zero attached hydrogens (tertiary/aromatic N) is 2. The molecular formula is C17H19N3O2. The zero-order valence-corrected chi connectivity index (χ0v) is 12.7. The molecule has 5 nitrogen and oxygen atoms in total. The Morgan fingerprint density at radius 2 is 1.59 bits per heavy atom. The van der Waals surface area contributed by atoms with E-state index in [1.165, 1.54) is 0 Å². The maximum absolute atomic E-state index is 8.21. The van der Waals surface area contributed by atoms with Gasteiger partial charge in [0.2, 0.25) is 5.62 Å². The van der Waals surface area contributed by atoms with Gasteiger partial charge in [-0.3, -0.25) is 5.41 Å². The Kier molecular flexibility index (Phi) is 3.87. The molecule has 3 aromatic rings. The van der Waals surface area contributed by atoms with Crippen molar-refractivity contribution >= 4 is 11.0 Å². The number of nitrogens with one attached hydrogen (secondary N) is 1. The number of aromatic nitrogens is 2. The molecule has 5 heteroatoms. The van der Waals surface area contributed by atoms with Crippen LogP contribution in [0.1, 0.15) is 0 Å². The number of imidazole rings is 1. The molecule has 2 aromatic carbocycles. The Balaban J connectivity index is 1.74. The number of ether oxygens (including phenoxy) is 2. The van der Waals surface area contributed by atoms with Gasteiger partial charge in [0, 0.05) is 7.05 Å². The topological polar surface area (TPSA) is 52.2 Å². The van der Waals surface area contributed by atoms with Crippen LogP contribution >= 0.6 is 0 Å². The van der Waals surface area contributed by atoms with Gasteiger partial charge < -0.3 is 18.6 Å². The molecule has 0 bridgehead atoms. The SMILES string of the molecule is COc1ccc(OCCn2c(=N)n(C)c3ccccc32)cc1. The number of hydrogen-bond donors (Lipinski definition) is 1. The molecule has 22 heavy (non-hydrogen) atoms. The quantitative estimate of drug-likeness (QED) is 0.787. The number of aryl methyl sites for hydroxylation is 1. The van der Waals surface area contributed by atoms with Gasteiger partial charge >= 0.3 is 0 Å². The monoisotopic (exact) mass is 297 g/mol. The Hall–Kier alpha value is -2.69. The van der Waals surface area contributed by atoms with Crippen LogP contribution in [-0.2, 0) is 13.6 Å². The maximum atomic E-state index is 8.21. The van der Waals surface area contributed by atoms with E-state index >= 15 is 0 Å². The summed E-state index contributed by atoms with van der Waals surface area (Å²) in [7, 11) is 3.55. The smallest absolute Gasteiger partial charge is 0.202 e. The van der Waals surface area contributed by atoms with Crippen LogP contribution in [0.2, 0.25) is 0 Å². The van der Waals surface area contributed by atoms with Crippen molar-refractivity contribution in [2.24, 2.45) is 7.05 Å². The average Bonchev–Trinajstić information content (AvgIpc) is 2.81. The largest absolute Gasteiger partial charge is 0.497 e. The summed E-state index contributed by atoms with van der Waals surface area (Å²) in [5.74, 6) is 1.61. The first-order valence-corrected chi connectivity index (χ1v) is 7.16. The molecular weight excluding hydrogens is 278 g/mol. The summed E-state index contributed by atoms with van der Waals surface area (Å²) >= 11 is 0. The van der Waals surface area contributed by atoms with Gasteiger partial charge in [-0.05, 0) is 36.4 Å². The third kappa shape index (κ3) is 2.57. The van der Waals surface area contributed by atoms with E-state index in [0.29, 0.717) is 18.8 Å². The van der Waals surface area contributed by atoms with E-state index in [1.807, 2.05) is 64.7 Å². The van der Waals surface area contributed by atoms with Crippen LogP contribution < -0.4 is 15.1 Å². The lowest BCUT2D eigenvalue weighted by Crippen LogP contribution is -2.24. The summed E-state index contributed by atoms with van der Waals surface area (Å²) in [5.41, 5.74) is 2.57. The second kappa shape index (κ2) is 5.97. The molecule has 0 aliphatic rings. The molecule has 0 unspecified atom stereocenters. The van der Waals surface area contributed by atoms with Crippen LogP contribution in [0.4, 0.5) is 0 Å². The van der Waals surface area contributed by atoms with Gasteiger partial charge in [0.05, 0.1) is 24.7 Å². The van der Waals surface area contributed by atoms with E-state index in [9.17, 15) is 0 Å². The Morgan fingerprint density at radius 1 is 0.955 bits per heavy atom. The molecule has 3 rings (SSSR count). The van der Waals surface area contributed by atoms with E-state index < -0.39 is 0 Å². The van der Waals surface area contributed by atoms with Crippen molar-refractivity contribution in [3.8, 4) is 11.5 Å². The van der Waals surface area contributed by atoms with E-state index in [-0.39, 0.29) is 0 Å². The van der Waals surface area contributed by atoms with Gasteiger partial charge in [0.15, 0.2) is 0 Å². The minimum Gasteiger partial charge on any atom is -0.497 e. The normalized spacial score (nSPS) is 10.8. The van der Waals surface area contributed by atoms with Gasteiger partial charge in [-0.25, -0.2) is 0 Å². The van der Waals surface area contributed by atoms with E-state index in [2.05, 4.69) is 0 Å². The highest BCUT2D eigenvalue weighted by molar-refractivity contribution is 5.75. The second-order valence-electron chi connectivity index (χ2n) is 5.05. The minimum absolute atomic E-state index is 0.472. The predicted molar refractivity (Wildman–Crippen MR) is 85.3 cm³/mol. The van der Waals surface area contributed by atoms with E-state index in [1.54, 1.807) is 7.11 Å². The van der Waals surface area contributed by atoms with Crippen molar-refractivity contribution < 1.29 is 9.47 Å². The van der Waals surface area contributed by atoms with Crippen molar-refractivity contribution in [2.75, 3.05) is 13.7 Å². The molecule has 0 spiro atoms. The van der Waals surface area contributed by atoms with Crippen molar-refractivity contribution in [1.29, 1.82) is 5.41 Å². The van der Waals surface area contributed by atoms with Gasteiger partial charge in [0.1, 0.15) is 18.1 Å². The summed E-state index contributed by atoms with van der Waals surface area (Å²) in [5, 5.41) is 8.21. The van der Waals surface area contributed by atoms with Crippen LogP contribution in [0.15, 0.2) is 48.5 Å². The van der Waals surface area contributed by atoms with Crippen LogP contribution in [0.3, 0.4) is 0 Å². The fourth-order valence-corrected chi connectivity index (χ4v) is 2.54. The number of para-hydroxylation sites is 2. The summed E-state index contributed by atoms with van der Waals surface area (Å²) in [6.45, 7) is 1.14. The number of hydrogen-bond acceptors (Lipinski definition) is 3. The second-order valence-corrected chi connectivity index (χ2v) is 5.05. The molecule has 0 fully saturated rings. The van der Waals surface area contributed by atoms with Crippen molar-refractivity contribution in [2.45, 2.75) is 6.54 Å². The Morgan fingerprint density at radius 3 is 2.27 bits per heavy atom. The van der Waals surface area contributed by atoms with Crippen molar-refractivity contribution in [1.82, 2.24) is 9.13 Å². The Bertz CT molecular complexity index is 831.